The Morgan fingerprint density at radius 2 is 2.04 bits per heavy atom. The maximum absolute atomic E-state index is 12.4. The lowest BCUT2D eigenvalue weighted by Gasteiger charge is -2.15. The molecule has 1 saturated heterocycles. The van der Waals surface area contributed by atoms with Crippen molar-refractivity contribution in [2.75, 3.05) is 6.54 Å². The summed E-state index contributed by atoms with van der Waals surface area (Å²) in [5, 5.41) is 21.7. The van der Waals surface area contributed by atoms with Gasteiger partial charge in [0.25, 0.3) is 11.6 Å². The SMILES string of the molecule is CC(NC(=O)CN1C(=O)/C(=C/c2ccc([N+](=O)[O-])cc2)SC1=S)C(=O)O. The molecule has 9 nitrogen and oxygen atoms in total. The average Bonchev–Trinajstić information content (AvgIpc) is 2.82. The Kier molecular flexibility index (Phi) is 6.05. The number of carboxylic acid groups (broad SMARTS) is 1. The third kappa shape index (κ3) is 4.64. The summed E-state index contributed by atoms with van der Waals surface area (Å²) in [5.74, 6) is -2.33. The lowest BCUT2D eigenvalue weighted by molar-refractivity contribution is -0.384. The summed E-state index contributed by atoms with van der Waals surface area (Å²) in [7, 11) is 0. The predicted octanol–water partition coefficient (Wildman–Crippen LogP) is 1.39. The van der Waals surface area contributed by atoms with Gasteiger partial charge in [0.05, 0.1) is 9.83 Å². The standard InChI is InChI=1S/C15H13N3O6S2/c1-8(14(21)22)16-12(19)7-17-13(20)11(26-15(17)25)6-9-2-4-10(5-3-9)18(23)24/h2-6,8H,7H2,1H3,(H,16,19)(H,21,22)/b11-6-. The number of non-ortho nitro benzene ring substituents is 1. The molecule has 26 heavy (non-hydrogen) atoms. The van der Waals surface area contributed by atoms with E-state index < -0.39 is 28.7 Å². The van der Waals surface area contributed by atoms with Crippen molar-refractivity contribution in [3.63, 3.8) is 0 Å². The molecule has 1 unspecified atom stereocenters. The summed E-state index contributed by atoms with van der Waals surface area (Å²) in [6.07, 6.45) is 1.51. The van der Waals surface area contributed by atoms with E-state index in [1.165, 1.54) is 37.3 Å². The quantitative estimate of drug-likeness (QED) is 0.320. The normalized spacial score (nSPS) is 16.7. The topological polar surface area (TPSA) is 130 Å². The Morgan fingerprint density at radius 3 is 2.58 bits per heavy atom. The smallest absolute Gasteiger partial charge is 0.325 e. The number of rotatable bonds is 6. The van der Waals surface area contributed by atoms with Crippen LogP contribution < -0.4 is 5.32 Å². The third-order valence-corrected chi connectivity index (χ3v) is 4.70. The van der Waals surface area contributed by atoms with Crippen LogP contribution in [0.2, 0.25) is 0 Å². The van der Waals surface area contributed by atoms with Gasteiger partial charge in [-0.3, -0.25) is 29.4 Å². The largest absolute Gasteiger partial charge is 0.480 e. The predicted molar refractivity (Wildman–Crippen MR) is 98.2 cm³/mol. The summed E-state index contributed by atoms with van der Waals surface area (Å²) >= 11 is 6.08. The van der Waals surface area contributed by atoms with Crippen LogP contribution in [0.3, 0.4) is 0 Å². The molecule has 2 N–H and O–H groups in total. The van der Waals surface area contributed by atoms with Crippen molar-refractivity contribution in [2.45, 2.75) is 13.0 Å². The molecule has 0 bridgehead atoms. The minimum Gasteiger partial charge on any atom is -0.480 e. The number of hydrogen-bond acceptors (Lipinski definition) is 7. The van der Waals surface area contributed by atoms with Gasteiger partial charge in [-0.05, 0) is 30.7 Å². The van der Waals surface area contributed by atoms with Crippen molar-refractivity contribution in [1.29, 1.82) is 0 Å². The maximum Gasteiger partial charge on any atom is 0.325 e. The number of carboxylic acids is 1. The van der Waals surface area contributed by atoms with Crippen LogP contribution in [0.5, 0.6) is 0 Å². The highest BCUT2D eigenvalue weighted by Gasteiger charge is 2.33. The Labute approximate surface area is 157 Å². The zero-order valence-corrected chi connectivity index (χ0v) is 15.0. The number of nitrogens with zero attached hydrogens (tertiary/aromatic N) is 2. The Balaban J connectivity index is 2.09. The summed E-state index contributed by atoms with van der Waals surface area (Å²) in [6, 6.07) is 4.52. The van der Waals surface area contributed by atoms with Gasteiger partial charge in [0.15, 0.2) is 0 Å². The average molecular weight is 395 g/mol. The van der Waals surface area contributed by atoms with Crippen LogP contribution in [-0.2, 0) is 14.4 Å². The molecule has 2 amide bonds. The molecule has 1 atom stereocenters. The van der Waals surface area contributed by atoms with Crippen molar-refractivity contribution in [1.82, 2.24) is 10.2 Å². The van der Waals surface area contributed by atoms with E-state index in [0.29, 0.717) is 5.56 Å². The van der Waals surface area contributed by atoms with Gasteiger partial charge in [-0.15, -0.1) is 0 Å². The summed E-state index contributed by atoms with van der Waals surface area (Å²) in [6.45, 7) is 0.916. The molecule has 1 aromatic rings. The fourth-order valence-electron chi connectivity index (χ4n) is 1.97. The van der Waals surface area contributed by atoms with E-state index in [9.17, 15) is 24.5 Å². The van der Waals surface area contributed by atoms with E-state index in [-0.39, 0.29) is 21.5 Å². The Hall–Kier alpha value is -2.79. The number of nitro groups is 1. The molecule has 11 heteroatoms. The van der Waals surface area contributed by atoms with Gasteiger partial charge in [-0.25, -0.2) is 0 Å². The van der Waals surface area contributed by atoms with Gasteiger partial charge in [0.1, 0.15) is 16.9 Å². The number of hydrogen-bond donors (Lipinski definition) is 2. The fourth-order valence-corrected chi connectivity index (χ4v) is 3.23. The number of thioether (sulfide) groups is 1. The second-order valence-electron chi connectivity index (χ2n) is 5.24. The lowest BCUT2D eigenvalue weighted by atomic mass is 10.2. The van der Waals surface area contributed by atoms with Gasteiger partial charge >= 0.3 is 5.97 Å². The zero-order chi connectivity index (χ0) is 19.4. The second kappa shape index (κ2) is 8.06. The molecule has 1 fully saturated rings. The number of benzene rings is 1. The monoisotopic (exact) mass is 395 g/mol. The molecular formula is C15H13N3O6S2. The van der Waals surface area contributed by atoms with Crippen molar-refractivity contribution in [3.8, 4) is 0 Å². The number of nitrogens with one attached hydrogen (secondary N) is 1. The van der Waals surface area contributed by atoms with Crippen LogP contribution in [0, 0.1) is 10.1 Å². The molecule has 0 aromatic heterocycles. The van der Waals surface area contributed by atoms with Crippen LogP contribution in [0.4, 0.5) is 5.69 Å². The molecule has 1 aliphatic rings. The van der Waals surface area contributed by atoms with Crippen molar-refractivity contribution in [3.05, 3.63) is 44.8 Å². The minimum atomic E-state index is -1.19. The zero-order valence-electron chi connectivity index (χ0n) is 13.4. The molecule has 0 radical (unpaired) electrons. The maximum atomic E-state index is 12.4. The van der Waals surface area contributed by atoms with Crippen LogP contribution in [0.25, 0.3) is 6.08 Å². The third-order valence-electron chi connectivity index (χ3n) is 3.32. The lowest BCUT2D eigenvalue weighted by Crippen LogP contribution is -2.45. The number of carbonyl (C=O) groups is 3. The van der Waals surface area contributed by atoms with E-state index in [4.69, 9.17) is 17.3 Å². The first kappa shape index (κ1) is 19.5. The molecule has 136 valence electrons. The van der Waals surface area contributed by atoms with Gasteiger partial charge < -0.3 is 10.4 Å². The first-order chi connectivity index (χ1) is 12.2. The van der Waals surface area contributed by atoms with Gasteiger partial charge in [0.2, 0.25) is 5.91 Å². The van der Waals surface area contributed by atoms with E-state index in [1.54, 1.807) is 0 Å². The number of carbonyl (C=O) groups excluding carboxylic acids is 2. The van der Waals surface area contributed by atoms with Crippen LogP contribution >= 0.6 is 24.0 Å². The van der Waals surface area contributed by atoms with Gasteiger partial charge in [-0.1, -0.05) is 24.0 Å². The first-order valence-corrected chi connectivity index (χ1v) is 8.43. The van der Waals surface area contributed by atoms with Crippen LogP contribution in [0.15, 0.2) is 29.2 Å². The van der Waals surface area contributed by atoms with Crippen molar-refractivity contribution in [2.24, 2.45) is 0 Å². The molecule has 1 aromatic carbocycles. The molecule has 0 saturated carbocycles. The highest BCUT2D eigenvalue weighted by Crippen LogP contribution is 2.32. The van der Waals surface area contributed by atoms with Gasteiger partial charge in [-0.2, -0.15) is 0 Å². The molecule has 2 rings (SSSR count). The number of amides is 2. The molecular weight excluding hydrogens is 382 g/mol. The molecule has 1 aliphatic heterocycles. The fraction of sp³-hybridized carbons (Fsp3) is 0.200. The van der Waals surface area contributed by atoms with Gasteiger partial charge in [0, 0.05) is 12.1 Å². The first-order valence-electron chi connectivity index (χ1n) is 7.21. The van der Waals surface area contributed by atoms with E-state index in [2.05, 4.69) is 5.32 Å². The highest BCUT2D eigenvalue weighted by atomic mass is 32.2. The number of thiocarbonyl (C=S) groups is 1. The second-order valence-corrected chi connectivity index (χ2v) is 6.92. The van der Waals surface area contributed by atoms with Crippen molar-refractivity contribution >= 4 is 57.8 Å². The number of aliphatic carboxylic acids is 1. The number of nitro benzene ring substituents is 1. The minimum absolute atomic E-state index is 0.0704. The molecule has 0 spiro atoms. The van der Waals surface area contributed by atoms with E-state index >= 15 is 0 Å². The highest BCUT2D eigenvalue weighted by molar-refractivity contribution is 8.26. The Bertz CT molecular complexity index is 821. The Morgan fingerprint density at radius 1 is 1.42 bits per heavy atom. The van der Waals surface area contributed by atoms with E-state index in [0.717, 1.165) is 16.7 Å². The van der Waals surface area contributed by atoms with Crippen LogP contribution in [0.1, 0.15) is 12.5 Å². The van der Waals surface area contributed by atoms with Crippen molar-refractivity contribution < 1.29 is 24.4 Å². The van der Waals surface area contributed by atoms with E-state index in [1.807, 2.05) is 0 Å². The summed E-state index contributed by atoms with van der Waals surface area (Å²) in [4.78, 5) is 46.5. The van der Waals surface area contributed by atoms with Crippen LogP contribution in [-0.4, -0.2) is 49.6 Å². The molecule has 1 heterocycles. The summed E-state index contributed by atoms with van der Waals surface area (Å²) < 4.78 is 0.168. The molecule has 0 aliphatic carbocycles. The summed E-state index contributed by atoms with van der Waals surface area (Å²) in [5.41, 5.74) is 0.499.